The van der Waals surface area contributed by atoms with Crippen LogP contribution in [0.4, 0.5) is 5.69 Å². The van der Waals surface area contributed by atoms with E-state index in [4.69, 9.17) is 14.9 Å². The molecule has 2 saturated heterocycles. The molecule has 3 aliphatic heterocycles. The minimum atomic E-state index is -0.984. The van der Waals surface area contributed by atoms with Crippen molar-refractivity contribution < 1.29 is 14.3 Å². The maximum Gasteiger partial charge on any atom is 0.336 e. The van der Waals surface area contributed by atoms with Gasteiger partial charge in [0.1, 0.15) is 11.3 Å². The Bertz CT molecular complexity index is 1620. The number of anilines is 1. The molecule has 1 aliphatic carbocycles. The molecule has 0 amide bonds. The molecule has 0 unspecified atom stereocenters. The second-order valence-corrected chi connectivity index (χ2v) is 9.15. The maximum absolute atomic E-state index is 12.1. The van der Waals surface area contributed by atoms with Crippen LogP contribution in [0.1, 0.15) is 10.4 Å². The Hall–Kier alpha value is -4.62. The van der Waals surface area contributed by atoms with Gasteiger partial charge in [0.05, 0.1) is 29.7 Å². The van der Waals surface area contributed by atoms with Gasteiger partial charge in [-0.3, -0.25) is 0 Å². The van der Waals surface area contributed by atoms with Gasteiger partial charge in [-0.2, -0.15) is 10.5 Å². The summed E-state index contributed by atoms with van der Waals surface area (Å²) in [5.41, 5.74) is 4.13. The van der Waals surface area contributed by atoms with Gasteiger partial charge in [-0.25, -0.2) is 9.37 Å². The summed E-state index contributed by atoms with van der Waals surface area (Å²) in [6, 6.07) is 23.5. The van der Waals surface area contributed by atoms with Crippen molar-refractivity contribution >= 4 is 22.6 Å². The van der Waals surface area contributed by atoms with Crippen LogP contribution in [0, 0.1) is 34.5 Å². The molecule has 2 aromatic carbocycles. The lowest BCUT2D eigenvalue weighted by Crippen LogP contribution is -2.48. The van der Waals surface area contributed by atoms with Crippen LogP contribution in [0.2, 0.25) is 0 Å². The average molecular weight is 462 g/mol. The number of hydrogen-bond acceptors (Lipinski definition) is 5. The largest absolute Gasteiger partial charge is 0.478 e. The number of rotatable bonds is 3. The number of nitriles is 2. The number of carbonyl (C=O) groups is 1. The van der Waals surface area contributed by atoms with Crippen molar-refractivity contribution in [1.82, 2.24) is 4.58 Å². The molecule has 4 aliphatic rings. The van der Waals surface area contributed by atoms with E-state index in [2.05, 4.69) is 21.6 Å². The number of fused-ring (bicyclic) bond motifs is 2. The fourth-order valence-electron chi connectivity index (χ4n) is 4.98. The summed E-state index contributed by atoms with van der Waals surface area (Å²) in [7, 11) is 0. The average Bonchev–Trinajstić information content (AvgIpc) is 2.81. The molecule has 0 atom stereocenters. The van der Waals surface area contributed by atoms with Crippen molar-refractivity contribution in [2.24, 2.45) is 11.8 Å². The lowest BCUT2D eigenvalue weighted by molar-refractivity contribution is 0.0697. The zero-order valence-corrected chi connectivity index (χ0v) is 18.8. The fraction of sp³-hybridized carbons (Fsp3) is 0.214. The molecular formula is C28H21N4O3+. The highest BCUT2D eigenvalue weighted by Gasteiger charge is 2.32. The molecule has 170 valence electrons. The Balaban J connectivity index is 1.60. The van der Waals surface area contributed by atoms with Crippen molar-refractivity contribution in [1.29, 1.82) is 10.5 Å². The first-order chi connectivity index (χ1) is 17.1. The predicted molar refractivity (Wildman–Crippen MR) is 131 cm³/mol. The zero-order valence-electron chi connectivity index (χ0n) is 18.8. The number of carboxylic acid groups (broad SMARTS) is 1. The van der Waals surface area contributed by atoms with Gasteiger partial charge in [-0.15, -0.1) is 0 Å². The van der Waals surface area contributed by atoms with E-state index in [9.17, 15) is 9.90 Å². The Labute approximate surface area is 201 Å². The van der Waals surface area contributed by atoms with Gasteiger partial charge in [-0.05, 0) is 29.8 Å². The molecule has 35 heavy (non-hydrogen) atoms. The van der Waals surface area contributed by atoms with Crippen molar-refractivity contribution in [2.45, 2.75) is 0 Å². The second-order valence-electron chi connectivity index (χ2n) is 9.15. The molecule has 3 heterocycles. The maximum atomic E-state index is 12.1. The van der Waals surface area contributed by atoms with Crippen molar-refractivity contribution in [3.05, 3.63) is 71.6 Å². The summed E-state index contributed by atoms with van der Waals surface area (Å²) < 4.78 is 8.54. The summed E-state index contributed by atoms with van der Waals surface area (Å²) in [4.78, 5) is 14.2. The molecule has 0 bridgehead atoms. The van der Waals surface area contributed by atoms with Crippen molar-refractivity contribution in [3.63, 3.8) is 0 Å². The van der Waals surface area contributed by atoms with E-state index in [-0.39, 0.29) is 17.4 Å². The lowest BCUT2D eigenvalue weighted by atomic mass is 9.90. The summed E-state index contributed by atoms with van der Waals surface area (Å²) in [5.74, 6) is -0.259. The molecule has 0 spiro atoms. The second kappa shape index (κ2) is 8.00. The van der Waals surface area contributed by atoms with E-state index < -0.39 is 5.97 Å². The van der Waals surface area contributed by atoms with E-state index in [0.717, 1.165) is 27.6 Å². The minimum absolute atomic E-state index is 0.0357. The molecule has 6 rings (SSSR count). The number of benzene rings is 3. The normalized spacial score (nSPS) is 17.5. The SMILES string of the molecule is N#CC1CN(c2ccc3c(-c4ccccc4C(=O)O)c4ccc(=[N+]5CC(C#N)C5)cc-4oc3c2)C1. The van der Waals surface area contributed by atoms with Crippen LogP contribution in [0.5, 0.6) is 0 Å². The molecular weight excluding hydrogens is 440 g/mol. The number of nitrogens with zero attached hydrogens (tertiary/aromatic N) is 4. The van der Waals surface area contributed by atoms with E-state index >= 15 is 0 Å². The van der Waals surface area contributed by atoms with Gasteiger partial charge in [0.25, 0.3) is 0 Å². The van der Waals surface area contributed by atoms with E-state index in [0.29, 0.717) is 43.1 Å². The summed E-state index contributed by atoms with van der Waals surface area (Å²) in [6.45, 7) is 2.74. The Kier molecular flexibility index (Phi) is 4.79. The summed E-state index contributed by atoms with van der Waals surface area (Å²) >= 11 is 0. The molecule has 7 nitrogen and oxygen atoms in total. The summed E-state index contributed by atoms with van der Waals surface area (Å²) in [5, 5.41) is 30.0. The molecule has 0 saturated carbocycles. The quantitative estimate of drug-likeness (QED) is 0.368. The highest BCUT2D eigenvalue weighted by Crippen LogP contribution is 2.42. The smallest absolute Gasteiger partial charge is 0.336 e. The Morgan fingerprint density at radius 3 is 2.49 bits per heavy atom. The third kappa shape index (κ3) is 3.41. The molecule has 7 heteroatoms. The topological polar surface area (TPSA) is 104 Å². The van der Waals surface area contributed by atoms with Gasteiger partial charge in [0, 0.05) is 47.4 Å². The highest BCUT2D eigenvalue weighted by atomic mass is 16.4. The monoisotopic (exact) mass is 461 g/mol. The first-order valence-corrected chi connectivity index (χ1v) is 11.5. The predicted octanol–water partition coefficient (Wildman–Crippen LogP) is 3.79. The third-order valence-corrected chi connectivity index (χ3v) is 6.97. The Morgan fingerprint density at radius 1 is 0.971 bits per heavy atom. The van der Waals surface area contributed by atoms with Crippen LogP contribution in [0.15, 0.2) is 65.1 Å². The molecule has 0 radical (unpaired) electrons. The fourth-order valence-corrected chi connectivity index (χ4v) is 4.98. The van der Waals surface area contributed by atoms with Crippen LogP contribution < -0.4 is 14.8 Å². The van der Waals surface area contributed by atoms with Crippen molar-refractivity contribution in [3.8, 4) is 34.6 Å². The van der Waals surface area contributed by atoms with Crippen molar-refractivity contribution in [2.75, 3.05) is 31.1 Å². The number of carboxylic acids is 1. The molecule has 0 aromatic heterocycles. The first-order valence-electron chi connectivity index (χ1n) is 11.5. The van der Waals surface area contributed by atoms with Crippen LogP contribution in [0.3, 0.4) is 0 Å². The molecule has 1 N–H and O–H groups in total. The minimum Gasteiger partial charge on any atom is -0.478 e. The van der Waals surface area contributed by atoms with E-state index in [1.807, 2.05) is 48.5 Å². The number of hydrogen-bond donors (Lipinski definition) is 1. The first kappa shape index (κ1) is 20.9. The molecule has 2 fully saturated rings. The standard InChI is InChI=1S/C28H20N4O3/c29-11-17-13-31(14-17)19-5-7-23-25(9-19)35-26-10-20(32-15-18(12-30)16-32)6-8-24(26)27(23)21-3-1-2-4-22(21)28(33)34/h1-10,17-18H,13-16H2/p+1. The summed E-state index contributed by atoms with van der Waals surface area (Å²) in [6.07, 6.45) is 0. The van der Waals surface area contributed by atoms with Crippen LogP contribution in [0.25, 0.3) is 33.4 Å². The van der Waals surface area contributed by atoms with Gasteiger partial charge in [0.15, 0.2) is 19.0 Å². The highest BCUT2D eigenvalue weighted by molar-refractivity contribution is 6.07. The van der Waals surface area contributed by atoms with E-state index in [1.165, 1.54) is 0 Å². The third-order valence-electron chi connectivity index (χ3n) is 6.97. The van der Waals surface area contributed by atoms with Crippen LogP contribution >= 0.6 is 0 Å². The van der Waals surface area contributed by atoms with Crippen LogP contribution in [-0.4, -0.2) is 37.3 Å². The molecule has 2 aromatic rings. The van der Waals surface area contributed by atoms with Gasteiger partial charge < -0.3 is 14.4 Å². The number of aromatic carboxylic acids is 1. The Morgan fingerprint density at radius 2 is 1.74 bits per heavy atom. The van der Waals surface area contributed by atoms with Gasteiger partial charge in [0.2, 0.25) is 5.36 Å². The zero-order chi connectivity index (χ0) is 24.1. The van der Waals surface area contributed by atoms with Crippen LogP contribution in [-0.2, 0) is 0 Å². The van der Waals surface area contributed by atoms with Gasteiger partial charge in [-0.1, -0.05) is 18.2 Å². The van der Waals surface area contributed by atoms with Gasteiger partial charge >= 0.3 is 5.97 Å². The van der Waals surface area contributed by atoms with E-state index in [1.54, 1.807) is 12.1 Å². The lowest BCUT2D eigenvalue weighted by Gasteiger charge is -2.37.